The van der Waals surface area contributed by atoms with Crippen molar-refractivity contribution in [3.8, 4) is 0 Å². The van der Waals surface area contributed by atoms with Crippen molar-refractivity contribution in [3.63, 3.8) is 0 Å². The van der Waals surface area contributed by atoms with Crippen molar-refractivity contribution in [2.45, 2.75) is 31.8 Å². The maximum absolute atomic E-state index is 11.9. The quantitative estimate of drug-likeness (QED) is 0.881. The van der Waals surface area contributed by atoms with E-state index in [0.717, 1.165) is 0 Å². The number of aliphatic hydroxyl groups excluding tert-OH is 1. The Morgan fingerprint density at radius 2 is 1.84 bits per heavy atom. The van der Waals surface area contributed by atoms with Gasteiger partial charge < -0.3 is 10.4 Å². The topological polar surface area (TPSA) is 66.4 Å². The summed E-state index contributed by atoms with van der Waals surface area (Å²) in [5.74, 6) is -0.239. The van der Waals surface area contributed by atoms with Crippen molar-refractivity contribution in [1.82, 2.24) is 5.32 Å². The van der Waals surface area contributed by atoms with Crippen molar-refractivity contribution in [2.75, 3.05) is 12.8 Å². The number of carbonyl (C=O) groups excluding carboxylic acids is 1. The van der Waals surface area contributed by atoms with Gasteiger partial charge in [-0.3, -0.25) is 9.00 Å². The summed E-state index contributed by atoms with van der Waals surface area (Å²) < 4.78 is 11.2. The Bertz CT molecular complexity index is 463. The molecule has 0 saturated heterocycles. The Kier molecular flexibility index (Phi) is 5.26. The van der Waals surface area contributed by atoms with E-state index in [4.69, 9.17) is 0 Å². The van der Waals surface area contributed by atoms with Crippen molar-refractivity contribution in [2.24, 2.45) is 5.41 Å². The summed E-state index contributed by atoms with van der Waals surface area (Å²) in [6, 6.07) is 6.61. The van der Waals surface area contributed by atoms with E-state index in [-0.39, 0.29) is 17.9 Å². The summed E-state index contributed by atoms with van der Waals surface area (Å²) in [5.41, 5.74) is 0.228. The van der Waals surface area contributed by atoms with Crippen LogP contribution in [0.25, 0.3) is 0 Å². The van der Waals surface area contributed by atoms with E-state index in [0.29, 0.717) is 10.5 Å². The van der Waals surface area contributed by atoms with Crippen LogP contribution < -0.4 is 5.32 Å². The fourth-order valence-electron chi connectivity index (χ4n) is 1.40. The number of nitrogens with one attached hydrogen (secondary N) is 1. The molecule has 1 aromatic rings. The molecular formula is C14H21NO3S. The Labute approximate surface area is 116 Å². The maximum atomic E-state index is 11.9. The molecule has 2 atom stereocenters. The fourth-order valence-corrected chi connectivity index (χ4v) is 1.91. The molecule has 1 aromatic carbocycles. The maximum Gasteiger partial charge on any atom is 0.251 e. The molecule has 4 nitrogen and oxygen atoms in total. The molecule has 0 heterocycles. The van der Waals surface area contributed by atoms with Gasteiger partial charge in [0.1, 0.15) is 0 Å². The minimum atomic E-state index is -1.05. The number of benzene rings is 1. The molecule has 19 heavy (non-hydrogen) atoms. The third kappa shape index (κ3) is 4.76. The molecule has 0 aromatic heterocycles. The first-order chi connectivity index (χ1) is 8.71. The van der Waals surface area contributed by atoms with Crippen LogP contribution in [0.3, 0.4) is 0 Å². The van der Waals surface area contributed by atoms with E-state index in [2.05, 4.69) is 5.32 Å². The average molecular weight is 283 g/mol. The van der Waals surface area contributed by atoms with E-state index < -0.39 is 16.9 Å². The second kappa shape index (κ2) is 6.30. The Morgan fingerprint density at radius 1 is 1.32 bits per heavy atom. The highest BCUT2D eigenvalue weighted by Crippen LogP contribution is 2.18. The lowest BCUT2D eigenvalue weighted by atomic mass is 9.89. The fraction of sp³-hybridized carbons (Fsp3) is 0.500. The molecule has 0 aliphatic carbocycles. The van der Waals surface area contributed by atoms with Crippen LogP contribution in [0.1, 0.15) is 31.1 Å². The predicted molar refractivity (Wildman–Crippen MR) is 76.6 cm³/mol. The highest BCUT2D eigenvalue weighted by Gasteiger charge is 2.22. The first kappa shape index (κ1) is 15.9. The van der Waals surface area contributed by atoms with Crippen LogP contribution in [0.15, 0.2) is 29.2 Å². The molecule has 106 valence electrons. The van der Waals surface area contributed by atoms with Gasteiger partial charge in [-0.05, 0) is 29.7 Å². The van der Waals surface area contributed by atoms with Gasteiger partial charge >= 0.3 is 0 Å². The zero-order valence-electron chi connectivity index (χ0n) is 11.8. The minimum Gasteiger partial charge on any atom is -0.391 e. The summed E-state index contributed by atoms with van der Waals surface area (Å²) in [4.78, 5) is 12.5. The molecular weight excluding hydrogens is 262 g/mol. The minimum absolute atomic E-state index is 0.212. The van der Waals surface area contributed by atoms with Gasteiger partial charge in [0.05, 0.1) is 6.10 Å². The lowest BCUT2D eigenvalue weighted by molar-refractivity contribution is 0.0587. The lowest BCUT2D eigenvalue weighted by Crippen LogP contribution is -2.39. The molecule has 2 N–H and O–H groups in total. The van der Waals surface area contributed by atoms with Gasteiger partial charge in [-0.15, -0.1) is 0 Å². The molecule has 0 saturated carbocycles. The van der Waals surface area contributed by atoms with Crippen LogP contribution in [0.4, 0.5) is 0 Å². The van der Waals surface area contributed by atoms with Crippen LogP contribution in [0, 0.1) is 5.41 Å². The molecule has 0 bridgehead atoms. The van der Waals surface area contributed by atoms with E-state index in [1.54, 1.807) is 30.5 Å². The highest BCUT2D eigenvalue weighted by atomic mass is 32.2. The zero-order chi connectivity index (χ0) is 14.6. The van der Waals surface area contributed by atoms with E-state index in [9.17, 15) is 14.1 Å². The number of hydrogen-bond acceptors (Lipinski definition) is 3. The van der Waals surface area contributed by atoms with Gasteiger partial charge in [0.2, 0.25) is 0 Å². The summed E-state index contributed by atoms with van der Waals surface area (Å²) in [7, 11) is -1.05. The van der Waals surface area contributed by atoms with Gasteiger partial charge in [0, 0.05) is 34.1 Å². The number of hydrogen-bond donors (Lipinski definition) is 2. The first-order valence-corrected chi connectivity index (χ1v) is 7.67. The third-order valence-electron chi connectivity index (χ3n) is 2.90. The van der Waals surface area contributed by atoms with Gasteiger partial charge in [-0.25, -0.2) is 0 Å². The summed E-state index contributed by atoms with van der Waals surface area (Å²) in [6.45, 7) is 5.95. The number of aliphatic hydroxyl groups is 1. The van der Waals surface area contributed by atoms with Crippen LogP contribution >= 0.6 is 0 Å². The molecule has 0 aliphatic heterocycles. The van der Waals surface area contributed by atoms with E-state index >= 15 is 0 Å². The van der Waals surface area contributed by atoms with Crippen LogP contribution in [-0.4, -0.2) is 34.1 Å². The monoisotopic (exact) mass is 283 g/mol. The Balaban J connectivity index is 2.61. The second-order valence-electron chi connectivity index (χ2n) is 5.57. The third-order valence-corrected chi connectivity index (χ3v) is 3.84. The van der Waals surface area contributed by atoms with E-state index in [1.807, 2.05) is 20.8 Å². The van der Waals surface area contributed by atoms with Crippen molar-refractivity contribution in [1.29, 1.82) is 0 Å². The number of rotatable bonds is 4. The van der Waals surface area contributed by atoms with Gasteiger partial charge in [-0.1, -0.05) is 20.8 Å². The van der Waals surface area contributed by atoms with E-state index in [1.165, 1.54) is 0 Å². The largest absolute Gasteiger partial charge is 0.391 e. The molecule has 0 fully saturated rings. The standard InChI is InChI=1S/C14H21NO3S/c1-14(2,3)12(16)9-15-13(17)10-5-7-11(8-6-10)19(4)18/h5-8,12,16H,9H2,1-4H3,(H,15,17). The SMILES string of the molecule is CS(=O)c1ccc(C(=O)NCC(O)C(C)(C)C)cc1. The van der Waals surface area contributed by atoms with Crippen LogP contribution in [0.5, 0.6) is 0 Å². The molecule has 0 radical (unpaired) electrons. The highest BCUT2D eigenvalue weighted by molar-refractivity contribution is 7.84. The van der Waals surface area contributed by atoms with Crippen molar-refractivity contribution >= 4 is 16.7 Å². The molecule has 0 spiro atoms. The molecule has 2 unspecified atom stereocenters. The number of amides is 1. The summed E-state index contributed by atoms with van der Waals surface area (Å²) in [6.07, 6.45) is 0.994. The normalized spacial score (nSPS) is 14.8. The second-order valence-corrected chi connectivity index (χ2v) is 6.95. The first-order valence-electron chi connectivity index (χ1n) is 6.11. The van der Waals surface area contributed by atoms with Crippen molar-refractivity contribution in [3.05, 3.63) is 29.8 Å². The predicted octanol–water partition coefficient (Wildman–Crippen LogP) is 1.56. The smallest absolute Gasteiger partial charge is 0.251 e. The van der Waals surface area contributed by atoms with Gasteiger partial charge in [-0.2, -0.15) is 0 Å². The summed E-state index contributed by atoms with van der Waals surface area (Å²) >= 11 is 0. The average Bonchev–Trinajstić information content (AvgIpc) is 2.34. The molecule has 1 amide bonds. The molecule has 0 aliphatic rings. The zero-order valence-corrected chi connectivity index (χ0v) is 12.6. The van der Waals surface area contributed by atoms with Crippen LogP contribution in [0.2, 0.25) is 0 Å². The summed E-state index contributed by atoms with van der Waals surface area (Å²) in [5, 5.41) is 12.5. The van der Waals surface area contributed by atoms with Crippen molar-refractivity contribution < 1.29 is 14.1 Å². The van der Waals surface area contributed by atoms with Crippen LogP contribution in [-0.2, 0) is 10.8 Å². The Hall–Kier alpha value is -1.20. The van der Waals surface area contributed by atoms with Gasteiger partial charge in [0.15, 0.2) is 0 Å². The molecule has 5 heteroatoms. The Morgan fingerprint density at radius 3 is 2.26 bits per heavy atom. The van der Waals surface area contributed by atoms with Gasteiger partial charge in [0.25, 0.3) is 5.91 Å². The number of carbonyl (C=O) groups is 1. The lowest BCUT2D eigenvalue weighted by Gasteiger charge is -2.25. The molecule has 1 rings (SSSR count).